The Morgan fingerprint density at radius 2 is 1.90 bits per heavy atom. The molecule has 2 aliphatic rings. The molecule has 1 aliphatic carbocycles. The molecule has 2 N–H and O–H groups in total. The Kier molecular flexibility index (Phi) is 6.26. The minimum Gasteiger partial charge on any atom is -0.481 e. The number of carboxylic acids is 1. The zero-order valence-corrected chi connectivity index (χ0v) is 17.0. The SMILES string of the molecule is O=C(N[C@@H]1CCN(C2CCCCC2)C[C@H]1C(=O)O)c1cn(-c2ccc(F)cc2F)nn1. The molecule has 2 atom stereocenters. The van der Waals surface area contributed by atoms with Gasteiger partial charge in [0.05, 0.1) is 12.1 Å². The van der Waals surface area contributed by atoms with Gasteiger partial charge in [0.25, 0.3) is 5.91 Å². The Hall–Kier alpha value is -2.88. The van der Waals surface area contributed by atoms with Gasteiger partial charge in [-0.2, -0.15) is 0 Å². The molecule has 2 aromatic rings. The zero-order valence-electron chi connectivity index (χ0n) is 17.0. The van der Waals surface area contributed by atoms with E-state index in [0.717, 1.165) is 30.1 Å². The number of hydrogen-bond acceptors (Lipinski definition) is 5. The van der Waals surface area contributed by atoms with E-state index in [0.29, 0.717) is 25.1 Å². The molecule has 2 fully saturated rings. The average molecular weight is 433 g/mol. The quantitative estimate of drug-likeness (QED) is 0.751. The van der Waals surface area contributed by atoms with Gasteiger partial charge in [-0.15, -0.1) is 5.10 Å². The van der Waals surface area contributed by atoms with E-state index in [1.165, 1.54) is 31.5 Å². The van der Waals surface area contributed by atoms with E-state index >= 15 is 0 Å². The Balaban J connectivity index is 1.43. The minimum absolute atomic E-state index is 0.0443. The highest BCUT2D eigenvalue weighted by Crippen LogP contribution is 2.27. The number of amides is 1. The van der Waals surface area contributed by atoms with Crippen molar-refractivity contribution in [3.8, 4) is 5.69 Å². The first-order valence-corrected chi connectivity index (χ1v) is 10.6. The van der Waals surface area contributed by atoms with Gasteiger partial charge in [0.2, 0.25) is 0 Å². The third kappa shape index (κ3) is 4.73. The molecule has 4 rings (SSSR count). The molecule has 0 radical (unpaired) electrons. The standard InChI is InChI=1S/C21H25F2N5O3/c22-13-6-7-19(16(23)10-13)28-12-18(25-26-28)20(29)24-17-8-9-27(11-15(17)21(30)31)14-4-2-1-3-5-14/h6-7,10,12,14-15,17H,1-5,8-9,11H2,(H,24,29)(H,30,31)/t15-,17-/m1/s1. The molecule has 1 saturated carbocycles. The maximum absolute atomic E-state index is 14.0. The van der Waals surface area contributed by atoms with E-state index in [-0.39, 0.29) is 11.4 Å². The summed E-state index contributed by atoms with van der Waals surface area (Å²) in [6, 6.07) is 2.88. The van der Waals surface area contributed by atoms with Crippen LogP contribution in [0.25, 0.3) is 5.69 Å². The van der Waals surface area contributed by atoms with Gasteiger partial charge in [0.1, 0.15) is 11.5 Å². The van der Waals surface area contributed by atoms with Crippen molar-refractivity contribution in [3.05, 3.63) is 41.7 Å². The molecule has 8 nitrogen and oxygen atoms in total. The molecule has 1 aromatic heterocycles. The largest absolute Gasteiger partial charge is 0.481 e. The summed E-state index contributed by atoms with van der Waals surface area (Å²) in [5, 5.41) is 20.0. The zero-order chi connectivity index (χ0) is 22.0. The van der Waals surface area contributed by atoms with Crippen molar-refractivity contribution in [2.45, 2.75) is 50.6 Å². The van der Waals surface area contributed by atoms with Crippen molar-refractivity contribution in [2.75, 3.05) is 13.1 Å². The van der Waals surface area contributed by atoms with E-state index in [2.05, 4.69) is 20.5 Å². The lowest BCUT2D eigenvalue weighted by atomic mass is 9.87. The second-order valence-corrected chi connectivity index (χ2v) is 8.24. The van der Waals surface area contributed by atoms with Crippen molar-refractivity contribution in [2.24, 2.45) is 5.92 Å². The van der Waals surface area contributed by atoms with Crippen molar-refractivity contribution in [1.29, 1.82) is 0 Å². The van der Waals surface area contributed by atoms with E-state index in [9.17, 15) is 23.5 Å². The lowest BCUT2D eigenvalue weighted by molar-refractivity contribution is -0.145. The maximum atomic E-state index is 14.0. The average Bonchev–Trinajstić information content (AvgIpc) is 3.24. The number of aliphatic carboxylic acids is 1. The number of likely N-dealkylation sites (tertiary alicyclic amines) is 1. The lowest BCUT2D eigenvalue weighted by Crippen LogP contribution is -2.56. The van der Waals surface area contributed by atoms with Gasteiger partial charge in [0, 0.05) is 31.2 Å². The highest BCUT2D eigenvalue weighted by Gasteiger charge is 2.38. The van der Waals surface area contributed by atoms with Crippen LogP contribution < -0.4 is 5.32 Å². The number of carbonyl (C=O) groups is 2. The van der Waals surface area contributed by atoms with E-state index in [1.54, 1.807) is 0 Å². The fourth-order valence-corrected chi connectivity index (χ4v) is 4.57. The molecule has 0 unspecified atom stereocenters. The van der Waals surface area contributed by atoms with Crippen LogP contribution in [0.4, 0.5) is 8.78 Å². The van der Waals surface area contributed by atoms with Gasteiger partial charge in [0.15, 0.2) is 11.5 Å². The number of hydrogen-bond donors (Lipinski definition) is 2. The summed E-state index contributed by atoms with van der Waals surface area (Å²) >= 11 is 0. The number of nitrogens with zero attached hydrogens (tertiary/aromatic N) is 4. The predicted molar refractivity (Wildman–Crippen MR) is 107 cm³/mol. The summed E-state index contributed by atoms with van der Waals surface area (Å²) in [6.07, 6.45) is 7.51. The van der Waals surface area contributed by atoms with Crippen LogP contribution in [0.3, 0.4) is 0 Å². The summed E-state index contributed by atoms with van der Waals surface area (Å²) in [7, 11) is 0. The molecule has 0 bridgehead atoms. The molecule has 2 heterocycles. The molecule has 10 heteroatoms. The topological polar surface area (TPSA) is 100 Å². The van der Waals surface area contributed by atoms with Crippen LogP contribution in [0.5, 0.6) is 0 Å². The van der Waals surface area contributed by atoms with Crippen molar-refractivity contribution >= 4 is 11.9 Å². The van der Waals surface area contributed by atoms with E-state index < -0.39 is 35.5 Å². The fourth-order valence-electron chi connectivity index (χ4n) is 4.57. The molecule has 1 saturated heterocycles. The van der Waals surface area contributed by atoms with Crippen LogP contribution in [0.15, 0.2) is 24.4 Å². The number of aromatic nitrogens is 3. The molecular formula is C21H25F2N5O3. The fraction of sp³-hybridized carbons (Fsp3) is 0.524. The van der Waals surface area contributed by atoms with Crippen molar-refractivity contribution < 1.29 is 23.5 Å². The first-order chi connectivity index (χ1) is 14.9. The summed E-state index contributed by atoms with van der Waals surface area (Å²) in [4.78, 5) is 26.8. The summed E-state index contributed by atoms with van der Waals surface area (Å²) in [5.41, 5.74) is -0.111. The molecule has 1 aliphatic heterocycles. The third-order valence-corrected chi connectivity index (χ3v) is 6.25. The Morgan fingerprint density at radius 1 is 1.13 bits per heavy atom. The summed E-state index contributed by atoms with van der Waals surface area (Å²) in [6.45, 7) is 1.13. The van der Waals surface area contributed by atoms with E-state index in [1.807, 2.05) is 0 Å². The smallest absolute Gasteiger partial charge is 0.309 e. The van der Waals surface area contributed by atoms with Crippen LogP contribution in [0.1, 0.15) is 49.0 Å². The Bertz CT molecular complexity index is 960. The van der Waals surface area contributed by atoms with Crippen LogP contribution in [0.2, 0.25) is 0 Å². The Morgan fingerprint density at radius 3 is 2.61 bits per heavy atom. The van der Waals surface area contributed by atoms with E-state index in [4.69, 9.17) is 0 Å². The monoisotopic (exact) mass is 433 g/mol. The molecular weight excluding hydrogens is 408 g/mol. The number of carbonyl (C=O) groups excluding carboxylic acids is 1. The number of piperidine rings is 1. The summed E-state index contributed by atoms with van der Waals surface area (Å²) in [5.74, 6) is -3.79. The first kappa shape index (κ1) is 21.4. The maximum Gasteiger partial charge on any atom is 0.309 e. The lowest BCUT2D eigenvalue weighted by Gasteiger charge is -2.42. The highest BCUT2D eigenvalue weighted by molar-refractivity contribution is 5.92. The normalized spacial score (nSPS) is 22.9. The van der Waals surface area contributed by atoms with Crippen LogP contribution in [-0.4, -0.2) is 62.0 Å². The predicted octanol–water partition coefficient (Wildman–Crippen LogP) is 2.38. The molecule has 166 valence electrons. The second-order valence-electron chi connectivity index (χ2n) is 8.24. The van der Waals surface area contributed by atoms with Crippen LogP contribution in [-0.2, 0) is 4.79 Å². The van der Waals surface area contributed by atoms with Gasteiger partial charge < -0.3 is 10.4 Å². The van der Waals surface area contributed by atoms with Gasteiger partial charge in [-0.05, 0) is 31.4 Å². The second kappa shape index (κ2) is 9.09. The molecule has 31 heavy (non-hydrogen) atoms. The van der Waals surface area contributed by atoms with Crippen molar-refractivity contribution in [3.63, 3.8) is 0 Å². The first-order valence-electron chi connectivity index (χ1n) is 10.6. The van der Waals surface area contributed by atoms with Crippen LogP contribution >= 0.6 is 0 Å². The number of halogens is 2. The van der Waals surface area contributed by atoms with Gasteiger partial charge in [-0.3, -0.25) is 14.5 Å². The number of nitrogens with one attached hydrogen (secondary N) is 1. The minimum atomic E-state index is -0.942. The number of benzene rings is 1. The highest BCUT2D eigenvalue weighted by atomic mass is 19.1. The molecule has 1 amide bonds. The van der Waals surface area contributed by atoms with Gasteiger partial charge >= 0.3 is 5.97 Å². The van der Waals surface area contributed by atoms with Gasteiger partial charge in [-0.25, -0.2) is 13.5 Å². The number of rotatable bonds is 5. The van der Waals surface area contributed by atoms with Crippen molar-refractivity contribution in [1.82, 2.24) is 25.2 Å². The van der Waals surface area contributed by atoms with Gasteiger partial charge in [-0.1, -0.05) is 24.5 Å². The molecule has 0 spiro atoms. The third-order valence-electron chi connectivity index (χ3n) is 6.25. The Labute approximate surface area is 178 Å². The van der Waals surface area contributed by atoms with Crippen LogP contribution in [0, 0.1) is 17.6 Å². The number of carboxylic acid groups (broad SMARTS) is 1. The summed E-state index contributed by atoms with van der Waals surface area (Å²) < 4.78 is 28.1. The molecule has 1 aromatic carbocycles.